The molecule has 1 atom stereocenters. The molecule has 1 heterocycles. The third kappa shape index (κ3) is 2.28. The molecule has 0 fully saturated rings. The predicted octanol–water partition coefficient (Wildman–Crippen LogP) is 3.20. The van der Waals surface area contributed by atoms with Crippen molar-refractivity contribution < 1.29 is 0 Å². The highest BCUT2D eigenvalue weighted by Crippen LogP contribution is 2.18. The van der Waals surface area contributed by atoms with Gasteiger partial charge < -0.3 is 5.73 Å². The van der Waals surface area contributed by atoms with Crippen molar-refractivity contribution in [3.63, 3.8) is 0 Å². The van der Waals surface area contributed by atoms with Gasteiger partial charge in [-0.3, -0.25) is 4.98 Å². The molecule has 1 aromatic heterocycles. The summed E-state index contributed by atoms with van der Waals surface area (Å²) in [4.78, 5) is 4.57. The molecule has 1 aromatic carbocycles. The van der Waals surface area contributed by atoms with Gasteiger partial charge in [0.25, 0.3) is 0 Å². The van der Waals surface area contributed by atoms with E-state index < -0.39 is 0 Å². The van der Waals surface area contributed by atoms with Gasteiger partial charge in [0, 0.05) is 11.4 Å². The SMILES string of the molecule is C=CCC[C@H](N)c1ccc2ccccc2n1. The lowest BCUT2D eigenvalue weighted by atomic mass is 10.1. The Morgan fingerprint density at radius 1 is 1.25 bits per heavy atom. The summed E-state index contributed by atoms with van der Waals surface area (Å²) >= 11 is 0. The van der Waals surface area contributed by atoms with Crippen LogP contribution in [0.2, 0.25) is 0 Å². The Labute approximate surface area is 95.8 Å². The van der Waals surface area contributed by atoms with Gasteiger partial charge in [0.05, 0.1) is 11.2 Å². The molecular weight excluding hydrogens is 196 g/mol. The molecule has 0 aliphatic rings. The zero-order chi connectivity index (χ0) is 11.4. The maximum atomic E-state index is 6.06. The Morgan fingerprint density at radius 3 is 2.88 bits per heavy atom. The van der Waals surface area contributed by atoms with E-state index in [1.807, 2.05) is 30.3 Å². The van der Waals surface area contributed by atoms with E-state index in [1.54, 1.807) is 0 Å². The standard InChI is InChI=1S/C14H16N2/c1-2-3-7-12(15)14-10-9-11-6-4-5-8-13(11)16-14/h2,4-6,8-10,12H,1,3,7,15H2/t12-/m0/s1. The van der Waals surface area contributed by atoms with E-state index in [0.717, 1.165) is 29.4 Å². The first-order valence-corrected chi connectivity index (χ1v) is 5.53. The summed E-state index contributed by atoms with van der Waals surface area (Å²) in [5, 5.41) is 1.15. The number of fused-ring (bicyclic) bond motifs is 1. The number of nitrogens with two attached hydrogens (primary N) is 1. The quantitative estimate of drug-likeness (QED) is 0.790. The van der Waals surface area contributed by atoms with Crippen LogP contribution in [0, 0.1) is 0 Å². The van der Waals surface area contributed by atoms with E-state index in [0.29, 0.717) is 0 Å². The van der Waals surface area contributed by atoms with Crippen molar-refractivity contribution in [2.24, 2.45) is 5.73 Å². The van der Waals surface area contributed by atoms with Gasteiger partial charge in [-0.05, 0) is 25.0 Å². The molecule has 0 amide bonds. The van der Waals surface area contributed by atoms with E-state index in [-0.39, 0.29) is 6.04 Å². The van der Waals surface area contributed by atoms with Gasteiger partial charge in [-0.15, -0.1) is 6.58 Å². The molecule has 2 aromatic rings. The molecule has 0 spiro atoms. The number of aromatic nitrogens is 1. The highest BCUT2D eigenvalue weighted by molar-refractivity contribution is 5.78. The summed E-state index contributed by atoms with van der Waals surface area (Å²) in [6.45, 7) is 3.70. The normalized spacial score (nSPS) is 12.6. The van der Waals surface area contributed by atoms with Crippen molar-refractivity contribution in [1.82, 2.24) is 4.98 Å². The average Bonchev–Trinajstić information content (AvgIpc) is 2.35. The van der Waals surface area contributed by atoms with Gasteiger partial charge in [-0.1, -0.05) is 30.3 Å². The molecule has 0 saturated heterocycles. The number of allylic oxidation sites excluding steroid dienone is 1. The molecule has 0 saturated carbocycles. The Hall–Kier alpha value is -1.67. The predicted molar refractivity (Wildman–Crippen MR) is 68.1 cm³/mol. The van der Waals surface area contributed by atoms with Crippen LogP contribution in [0.1, 0.15) is 24.6 Å². The number of para-hydroxylation sites is 1. The van der Waals surface area contributed by atoms with Crippen molar-refractivity contribution in [2.45, 2.75) is 18.9 Å². The van der Waals surface area contributed by atoms with Gasteiger partial charge in [0.2, 0.25) is 0 Å². The van der Waals surface area contributed by atoms with Gasteiger partial charge in [0.1, 0.15) is 0 Å². The average molecular weight is 212 g/mol. The third-order valence-corrected chi connectivity index (χ3v) is 2.68. The van der Waals surface area contributed by atoms with Crippen LogP contribution in [0.15, 0.2) is 49.1 Å². The molecule has 0 radical (unpaired) electrons. The zero-order valence-electron chi connectivity index (χ0n) is 9.26. The Bertz CT molecular complexity index is 491. The maximum Gasteiger partial charge on any atom is 0.0706 e. The molecule has 2 nitrogen and oxygen atoms in total. The Balaban J connectivity index is 2.28. The number of hydrogen-bond acceptors (Lipinski definition) is 2. The summed E-state index contributed by atoms with van der Waals surface area (Å²) in [6, 6.07) is 12.2. The first-order chi connectivity index (χ1) is 7.81. The molecule has 2 heteroatoms. The smallest absolute Gasteiger partial charge is 0.0706 e. The lowest BCUT2D eigenvalue weighted by Gasteiger charge is -2.10. The van der Waals surface area contributed by atoms with Crippen LogP contribution < -0.4 is 5.73 Å². The van der Waals surface area contributed by atoms with Gasteiger partial charge in [-0.25, -0.2) is 0 Å². The first kappa shape index (κ1) is 10.8. The zero-order valence-corrected chi connectivity index (χ0v) is 9.26. The molecule has 0 bridgehead atoms. The number of rotatable bonds is 4. The summed E-state index contributed by atoms with van der Waals surface area (Å²) in [5.41, 5.74) is 8.03. The molecule has 0 unspecified atom stereocenters. The van der Waals surface area contributed by atoms with Crippen molar-refractivity contribution in [3.05, 3.63) is 54.7 Å². The fourth-order valence-corrected chi connectivity index (χ4v) is 1.73. The van der Waals surface area contributed by atoms with E-state index in [9.17, 15) is 0 Å². The van der Waals surface area contributed by atoms with Gasteiger partial charge >= 0.3 is 0 Å². The maximum absolute atomic E-state index is 6.06. The minimum absolute atomic E-state index is 0.00241. The lowest BCUT2D eigenvalue weighted by molar-refractivity contribution is 0.645. The second-order valence-electron chi connectivity index (χ2n) is 3.90. The summed E-state index contributed by atoms with van der Waals surface area (Å²) in [7, 11) is 0. The van der Waals surface area contributed by atoms with Crippen molar-refractivity contribution >= 4 is 10.9 Å². The van der Waals surface area contributed by atoms with Crippen molar-refractivity contribution in [2.75, 3.05) is 0 Å². The molecule has 2 N–H and O–H groups in total. The molecule has 16 heavy (non-hydrogen) atoms. The second kappa shape index (κ2) is 4.90. The number of pyridine rings is 1. The van der Waals surface area contributed by atoms with Crippen molar-refractivity contribution in [1.29, 1.82) is 0 Å². The summed E-state index contributed by atoms with van der Waals surface area (Å²) in [5.74, 6) is 0. The van der Waals surface area contributed by atoms with Crippen LogP contribution in [0.5, 0.6) is 0 Å². The molecule has 0 aliphatic carbocycles. The highest BCUT2D eigenvalue weighted by atomic mass is 14.8. The molecule has 82 valence electrons. The molecule has 2 rings (SSSR count). The first-order valence-electron chi connectivity index (χ1n) is 5.53. The minimum atomic E-state index is 0.00241. The van der Waals surface area contributed by atoms with Crippen molar-refractivity contribution in [3.8, 4) is 0 Å². The number of benzene rings is 1. The fraction of sp³-hybridized carbons (Fsp3) is 0.214. The highest BCUT2D eigenvalue weighted by Gasteiger charge is 2.06. The Kier molecular flexibility index (Phi) is 3.32. The van der Waals surface area contributed by atoms with E-state index >= 15 is 0 Å². The topological polar surface area (TPSA) is 38.9 Å². The second-order valence-corrected chi connectivity index (χ2v) is 3.90. The summed E-state index contributed by atoms with van der Waals surface area (Å²) < 4.78 is 0. The van der Waals surface area contributed by atoms with Gasteiger partial charge in [0.15, 0.2) is 0 Å². The monoisotopic (exact) mass is 212 g/mol. The molecular formula is C14H16N2. The van der Waals surface area contributed by atoms with E-state index in [2.05, 4.69) is 23.7 Å². The summed E-state index contributed by atoms with van der Waals surface area (Å²) in [6.07, 6.45) is 3.71. The largest absolute Gasteiger partial charge is 0.323 e. The van der Waals surface area contributed by atoms with Crippen LogP contribution in [0.25, 0.3) is 10.9 Å². The van der Waals surface area contributed by atoms with E-state index in [4.69, 9.17) is 5.73 Å². The number of nitrogens with zero attached hydrogens (tertiary/aromatic N) is 1. The lowest BCUT2D eigenvalue weighted by Crippen LogP contribution is -2.11. The Morgan fingerprint density at radius 2 is 2.06 bits per heavy atom. The van der Waals surface area contributed by atoms with Crippen LogP contribution in [-0.4, -0.2) is 4.98 Å². The van der Waals surface area contributed by atoms with Gasteiger partial charge in [-0.2, -0.15) is 0 Å². The van der Waals surface area contributed by atoms with Crippen LogP contribution in [0.3, 0.4) is 0 Å². The minimum Gasteiger partial charge on any atom is -0.323 e. The fourth-order valence-electron chi connectivity index (χ4n) is 1.73. The third-order valence-electron chi connectivity index (χ3n) is 2.68. The van der Waals surface area contributed by atoms with Crippen LogP contribution in [-0.2, 0) is 0 Å². The van der Waals surface area contributed by atoms with Crippen LogP contribution in [0.4, 0.5) is 0 Å². The van der Waals surface area contributed by atoms with E-state index in [1.165, 1.54) is 0 Å². The number of hydrogen-bond donors (Lipinski definition) is 1. The van der Waals surface area contributed by atoms with Crippen LogP contribution >= 0.6 is 0 Å². The molecule has 0 aliphatic heterocycles.